The van der Waals surface area contributed by atoms with Crippen molar-refractivity contribution in [2.45, 2.75) is 13.0 Å². The van der Waals surface area contributed by atoms with Crippen molar-refractivity contribution in [1.82, 2.24) is 4.98 Å². The van der Waals surface area contributed by atoms with E-state index in [0.717, 1.165) is 43.1 Å². The highest BCUT2D eigenvalue weighted by Gasteiger charge is 2.21. The largest absolute Gasteiger partial charge is 0.395 e. The number of rotatable bonds is 5. The molecule has 0 radical (unpaired) electrons. The third kappa shape index (κ3) is 4.57. The third-order valence-corrected chi connectivity index (χ3v) is 6.00. The molecule has 0 aliphatic carbocycles. The van der Waals surface area contributed by atoms with E-state index in [4.69, 9.17) is 5.11 Å². The highest BCUT2D eigenvalue weighted by atomic mass is 32.1. The molecule has 0 unspecified atom stereocenters. The number of thiophene rings is 1. The van der Waals surface area contributed by atoms with Gasteiger partial charge in [-0.15, -0.1) is 11.3 Å². The smallest absolute Gasteiger partial charge is 0.123 e. The van der Waals surface area contributed by atoms with Crippen LogP contribution in [0.3, 0.4) is 0 Å². The zero-order valence-corrected chi connectivity index (χ0v) is 17.5. The van der Waals surface area contributed by atoms with Gasteiger partial charge in [0.1, 0.15) is 5.82 Å². The Morgan fingerprint density at radius 1 is 0.806 bits per heavy atom. The fraction of sp³-hybridized carbons (Fsp3) is 0.115. The Bertz CT molecular complexity index is 1220. The lowest BCUT2D eigenvalue weighted by atomic mass is 9.93. The molecule has 0 aliphatic heterocycles. The van der Waals surface area contributed by atoms with Gasteiger partial charge in [-0.05, 0) is 46.5 Å². The summed E-state index contributed by atoms with van der Waals surface area (Å²) in [6, 6.07) is 18.1. The maximum Gasteiger partial charge on any atom is 0.123 e. The second kappa shape index (κ2) is 9.67. The van der Waals surface area contributed by atoms with Crippen LogP contribution in [0, 0.1) is 17.7 Å². The second-order valence-electron chi connectivity index (χ2n) is 6.88. The van der Waals surface area contributed by atoms with Gasteiger partial charge in [-0.3, -0.25) is 4.98 Å². The standard InChI is InChI=1S/C26H20FNO2S/c27-22-10-8-21(9-11-22)26-25(20-12-14-28-15-13-20)24(23(31-26)3-1-2-16-29)19-6-4-18(17-30)5-7-19/h4-15,29-30H,2,16-17H2. The average Bonchev–Trinajstić information content (AvgIpc) is 3.20. The van der Waals surface area contributed by atoms with Crippen LogP contribution in [0.25, 0.3) is 32.7 Å². The summed E-state index contributed by atoms with van der Waals surface area (Å²) < 4.78 is 13.6. The van der Waals surface area contributed by atoms with Crippen molar-refractivity contribution in [3.63, 3.8) is 0 Å². The average molecular weight is 430 g/mol. The molecule has 0 atom stereocenters. The quantitative estimate of drug-likeness (QED) is 0.411. The molecule has 0 aliphatic rings. The van der Waals surface area contributed by atoms with E-state index in [1.54, 1.807) is 35.9 Å². The summed E-state index contributed by atoms with van der Waals surface area (Å²) in [5.74, 6) is 5.97. The predicted molar refractivity (Wildman–Crippen MR) is 123 cm³/mol. The number of pyridine rings is 1. The Morgan fingerprint density at radius 3 is 2.10 bits per heavy atom. The van der Waals surface area contributed by atoms with Crippen LogP contribution in [-0.2, 0) is 6.61 Å². The molecule has 4 rings (SSSR count). The molecule has 0 amide bonds. The van der Waals surface area contributed by atoms with Gasteiger partial charge < -0.3 is 10.2 Å². The summed E-state index contributed by atoms with van der Waals surface area (Å²) in [5.41, 5.74) is 5.68. The van der Waals surface area contributed by atoms with Gasteiger partial charge in [0.15, 0.2) is 0 Å². The lowest BCUT2D eigenvalue weighted by molar-refractivity contribution is 0.282. The third-order valence-electron chi connectivity index (χ3n) is 4.85. The van der Waals surface area contributed by atoms with Crippen LogP contribution < -0.4 is 0 Å². The topological polar surface area (TPSA) is 53.4 Å². The molecule has 154 valence electrons. The van der Waals surface area contributed by atoms with Gasteiger partial charge in [-0.2, -0.15) is 0 Å². The Hall–Kier alpha value is -3.30. The summed E-state index contributed by atoms with van der Waals surface area (Å²) in [4.78, 5) is 6.01. The van der Waals surface area contributed by atoms with Crippen LogP contribution in [0.1, 0.15) is 16.9 Å². The molecule has 5 heteroatoms. The number of hydrogen-bond donors (Lipinski definition) is 2. The molecule has 3 nitrogen and oxygen atoms in total. The minimum absolute atomic E-state index is 0.000929. The molecule has 0 fully saturated rings. The Balaban J connectivity index is 2.01. The predicted octanol–water partition coefficient (Wildman–Crippen LogP) is 5.51. The Labute approximate surface area is 184 Å². The van der Waals surface area contributed by atoms with Crippen molar-refractivity contribution < 1.29 is 14.6 Å². The molecule has 0 saturated heterocycles. The summed E-state index contributed by atoms with van der Waals surface area (Å²) in [6.07, 6.45) is 3.88. The van der Waals surface area contributed by atoms with Gasteiger partial charge in [-0.1, -0.05) is 48.2 Å². The van der Waals surface area contributed by atoms with Crippen LogP contribution >= 0.6 is 11.3 Å². The molecule has 0 saturated carbocycles. The van der Waals surface area contributed by atoms with Crippen LogP contribution in [0.2, 0.25) is 0 Å². The van der Waals surface area contributed by atoms with Crippen LogP contribution in [0.5, 0.6) is 0 Å². The van der Waals surface area contributed by atoms with Crippen molar-refractivity contribution in [3.05, 3.63) is 89.3 Å². The van der Waals surface area contributed by atoms with Gasteiger partial charge >= 0.3 is 0 Å². The molecular weight excluding hydrogens is 409 g/mol. The number of hydrogen-bond acceptors (Lipinski definition) is 4. The van der Waals surface area contributed by atoms with Crippen molar-refractivity contribution in [2.24, 2.45) is 0 Å². The fourth-order valence-electron chi connectivity index (χ4n) is 3.37. The molecule has 2 N–H and O–H groups in total. The van der Waals surface area contributed by atoms with E-state index < -0.39 is 0 Å². The summed E-state index contributed by atoms with van der Waals surface area (Å²) in [5, 5.41) is 18.6. The second-order valence-corrected chi connectivity index (χ2v) is 7.90. The zero-order chi connectivity index (χ0) is 21.6. The number of benzene rings is 2. The number of aromatic nitrogens is 1. The zero-order valence-electron chi connectivity index (χ0n) is 16.7. The number of aliphatic hydroxyl groups excluding tert-OH is 2. The van der Waals surface area contributed by atoms with E-state index in [2.05, 4.69) is 16.8 Å². The number of aliphatic hydroxyl groups is 2. The maximum absolute atomic E-state index is 13.6. The van der Waals surface area contributed by atoms with Gasteiger partial charge in [-0.25, -0.2) is 4.39 Å². The summed E-state index contributed by atoms with van der Waals surface area (Å²) in [7, 11) is 0. The van der Waals surface area contributed by atoms with Crippen molar-refractivity contribution in [2.75, 3.05) is 6.61 Å². The molecule has 2 aromatic carbocycles. The first-order chi connectivity index (χ1) is 15.2. The molecule has 2 heterocycles. The minimum Gasteiger partial charge on any atom is -0.395 e. The molecule has 2 aromatic heterocycles. The Morgan fingerprint density at radius 2 is 1.45 bits per heavy atom. The highest BCUT2D eigenvalue weighted by molar-refractivity contribution is 7.17. The number of nitrogens with zero attached hydrogens (tertiary/aromatic N) is 1. The lowest BCUT2D eigenvalue weighted by Gasteiger charge is -2.10. The van der Waals surface area contributed by atoms with E-state index in [-0.39, 0.29) is 19.0 Å². The van der Waals surface area contributed by atoms with E-state index in [1.807, 2.05) is 36.4 Å². The first-order valence-electron chi connectivity index (χ1n) is 9.84. The van der Waals surface area contributed by atoms with Crippen LogP contribution in [0.4, 0.5) is 4.39 Å². The van der Waals surface area contributed by atoms with E-state index in [0.29, 0.717) is 6.42 Å². The van der Waals surface area contributed by atoms with Crippen LogP contribution in [-0.4, -0.2) is 21.8 Å². The van der Waals surface area contributed by atoms with Crippen molar-refractivity contribution in [1.29, 1.82) is 0 Å². The van der Waals surface area contributed by atoms with E-state index >= 15 is 0 Å². The molecule has 0 spiro atoms. The monoisotopic (exact) mass is 429 g/mol. The first kappa shape index (κ1) is 21.0. The maximum atomic E-state index is 13.6. The van der Waals surface area contributed by atoms with Gasteiger partial charge in [0, 0.05) is 34.8 Å². The normalized spacial score (nSPS) is 10.5. The van der Waals surface area contributed by atoms with E-state index in [1.165, 1.54) is 12.1 Å². The van der Waals surface area contributed by atoms with Gasteiger partial charge in [0.25, 0.3) is 0 Å². The summed E-state index contributed by atoms with van der Waals surface area (Å²) >= 11 is 1.55. The Kier molecular flexibility index (Phi) is 6.54. The SMILES string of the molecule is OCCC#Cc1sc(-c2ccc(F)cc2)c(-c2ccncc2)c1-c1ccc(CO)cc1. The molecule has 31 heavy (non-hydrogen) atoms. The van der Waals surface area contributed by atoms with Crippen molar-refractivity contribution in [3.8, 4) is 44.5 Å². The molecule has 0 bridgehead atoms. The van der Waals surface area contributed by atoms with Crippen molar-refractivity contribution >= 4 is 11.3 Å². The first-order valence-corrected chi connectivity index (χ1v) is 10.7. The number of halogens is 1. The van der Waals surface area contributed by atoms with E-state index in [9.17, 15) is 9.50 Å². The summed E-state index contributed by atoms with van der Waals surface area (Å²) in [6.45, 7) is -0.0218. The highest BCUT2D eigenvalue weighted by Crippen LogP contribution is 2.47. The minimum atomic E-state index is -0.284. The van der Waals surface area contributed by atoms with Crippen LogP contribution in [0.15, 0.2) is 73.1 Å². The van der Waals surface area contributed by atoms with Gasteiger partial charge in [0.05, 0.1) is 18.1 Å². The fourth-order valence-corrected chi connectivity index (χ4v) is 4.59. The lowest BCUT2D eigenvalue weighted by Crippen LogP contribution is -1.88. The molecular formula is C26H20FNO2S. The molecule has 4 aromatic rings. The van der Waals surface area contributed by atoms with Gasteiger partial charge in [0.2, 0.25) is 0 Å².